The Hall–Kier alpha value is -2.93. The summed E-state index contributed by atoms with van der Waals surface area (Å²) >= 11 is 5.92. The summed E-state index contributed by atoms with van der Waals surface area (Å²) in [6.45, 7) is 2.64. The van der Waals surface area contributed by atoms with Crippen LogP contribution in [0.1, 0.15) is 29.3 Å². The number of pyridine rings is 1. The van der Waals surface area contributed by atoms with Crippen LogP contribution in [0.5, 0.6) is 0 Å². The Bertz CT molecular complexity index is 1090. The molecule has 26 heavy (non-hydrogen) atoms. The van der Waals surface area contributed by atoms with Crippen LogP contribution in [0.3, 0.4) is 0 Å². The Labute approximate surface area is 153 Å². The number of carbonyl (C=O) groups is 1. The second kappa shape index (κ2) is 7.53. The van der Waals surface area contributed by atoms with Crippen LogP contribution in [0.2, 0.25) is 5.02 Å². The van der Waals surface area contributed by atoms with Crippen molar-refractivity contribution in [2.75, 3.05) is 0 Å². The molecule has 2 N–H and O–H groups in total. The number of hydrogen-bond donors (Lipinski definition) is 2. The van der Waals surface area contributed by atoms with E-state index in [1.165, 1.54) is 16.8 Å². The van der Waals surface area contributed by atoms with Gasteiger partial charge in [-0.2, -0.15) is 0 Å². The molecule has 3 rings (SSSR count). The van der Waals surface area contributed by atoms with Gasteiger partial charge in [-0.1, -0.05) is 30.7 Å². The molecule has 1 aromatic carbocycles. The van der Waals surface area contributed by atoms with Crippen molar-refractivity contribution in [3.05, 3.63) is 73.5 Å². The molecule has 0 saturated carbocycles. The lowest BCUT2D eigenvalue weighted by atomic mass is 10.2. The van der Waals surface area contributed by atoms with Crippen molar-refractivity contribution in [3.8, 4) is 0 Å². The highest BCUT2D eigenvalue weighted by Crippen LogP contribution is 2.11. The van der Waals surface area contributed by atoms with Gasteiger partial charge in [-0.15, -0.1) is 0 Å². The van der Waals surface area contributed by atoms with Crippen LogP contribution in [-0.4, -0.2) is 20.4 Å². The first-order valence-electron chi connectivity index (χ1n) is 8.15. The fourth-order valence-electron chi connectivity index (χ4n) is 2.65. The molecule has 2 aromatic heterocycles. The number of benzene rings is 1. The maximum atomic E-state index is 12.4. The van der Waals surface area contributed by atoms with Gasteiger partial charge in [0.1, 0.15) is 5.65 Å². The highest BCUT2D eigenvalue weighted by Gasteiger charge is 2.13. The molecule has 0 unspecified atom stereocenters. The van der Waals surface area contributed by atoms with Crippen molar-refractivity contribution in [1.29, 1.82) is 0 Å². The summed E-state index contributed by atoms with van der Waals surface area (Å²) in [5.74, 6) is -0.369. The monoisotopic (exact) mass is 372 g/mol. The topological polar surface area (TPSA) is 96.9 Å². The van der Waals surface area contributed by atoms with Crippen LogP contribution in [0.15, 0.2) is 46.1 Å². The van der Waals surface area contributed by atoms with Gasteiger partial charge in [0, 0.05) is 24.3 Å². The van der Waals surface area contributed by atoms with E-state index in [1.807, 2.05) is 13.0 Å². The molecular weight excluding hydrogens is 356 g/mol. The number of aromatic amines is 1. The van der Waals surface area contributed by atoms with Gasteiger partial charge in [0.2, 0.25) is 0 Å². The van der Waals surface area contributed by atoms with Gasteiger partial charge < -0.3 is 5.32 Å². The van der Waals surface area contributed by atoms with Gasteiger partial charge in [-0.3, -0.25) is 19.1 Å². The normalized spacial score (nSPS) is 10.8. The third-order valence-corrected chi connectivity index (χ3v) is 4.12. The molecule has 0 aliphatic rings. The molecule has 134 valence electrons. The van der Waals surface area contributed by atoms with Gasteiger partial charge in [-0.05, 0) is 30.2 Å². The summed E-state index contributed by atoms with van der Waals surface area (Å²) < 4.78 is 1.39. The second-order valence-corrected chi connectivity index (χ2v) is 6.26. The number of hydrogen-bond acceptors (Lipinski definition) is 4. The zero-order valence-electron chi connectivity index (χ0n) is 14.1. The van der Waals surface area contributed by atoms with Gasteiger partial charge in [0.15, 0.2) is 0 Å². The molecule has 0 bridgehead atoms. The van der Waals surface area contributed by atoms with Crippen molar-refractivity contribution < 1.29 is 4.79 Å². The summed E-state index contributed by atoms with van der Waals surface area (Å²) in [7, 11) is 0. The maximum Gasteiger partial charge on any atom is 0.329 e. The molecular formula is C18H17ClN4O3. The molecule has 0 spiro atoms. The van der Waals surface area contributed by atoms with Crippen molar-refractivity contribution in [2.24, 2.45) is 0 Å². The molecule has 0 atom stereocenters. The lowest BCUT2D eigenvalue weighted by Gasteiger charge is -2.09. The zero-order chi connectivity index (χ0) is 18.7. The number of H-pyrrole nitrogens is 1. The molecule has 1 amide bonds. The minimum atomic E-state index is -0.561. The van der Waals surface area contributed by atoms with Gasteiger partial charge in [-0.25, -0.2) is 9.78 Å². The number of nitrogens with one attached hydrogen (secondary N) is 2. The predicted octanol–water partition coefficient (Wildman–Crippen LogP) is 2.08. The summed E-state index contributed by atoms with van der Waals surface area (Å²) in [6, 6.07) is 8.60. The Kier molecular flexibility index (Phi) is 5.18. The van der Waals surface area contributed by atoms with E-state index in [0.717, 1.165) is 5.56 Å². The Morgan fingerprint density at radius 1 is 1.31 bits per heavy atom. The quantitative estimate of drug-likeness (QED) is 0.716. The van der Waals surface area contributed by atoms with Gasteiger partial charge >= 0.3 is 5.69 Å². The van der Waals surface area contributed by atoms with Crippen molar-refractivity contribution in [1.82, 2.24) is 19.9 Å². The van der Waals surface area contributed by atoms with Crippen LogP contribution in [0.4, 0.5) is 0 Å². The first-order chi connectivity index (χ1) is 12.5. The average molecular weight is 373 g/mol. The molecule has 2 heterocycles. The molecule has 7 nitrogen and oxygen atoms in total. The number of rotatable bonds is 5. The van der Waals surface area contributed by atoms with E-state index in [2.05, 4.69) is 15.3 Å². The first kappa shape index (κ1) is 17.9. The van der Waals surface area contributed by atoms with Crippen molar-refractivity contribution in [3.63, 3.8) is 0 Å². The number of nitrogens with zero attached hydrogens (tertiary/aromatic N) is 2. The zero-order valence-corrected chi connectivity index (χ0v) is 14.8. The molecule has 0 saturated heterocycles. The van der Waals surface area contributed by atoms with Gasteiger partial charge in [0.25, 0.3) is 11.5 Å². The van der Waals surface area contributed by atoms with Crippen molar-refractivity contribution >= 4 is 28.5 Å². The van der Waals surface area contributed by atoms with Gasteiger partial charge in [0.05, 0.1) is 10.9 Å². The Morgan fingerprint density at radius 2 is 2.12 bits per heavy atom. The van der Waals surface area contributed by atoms with Crippen LogP contribution in [0.25, 0.3) is 11.0 Å². The van der Waals surface area contributed by atoms with E-state index >= 15 is 0 Å². The summed E-state index contributed by atoms with van der Waals surface area (Å²) in [6.07, 6.45) is 2.07. The first-order valence-corrected chi connectivity index (χ1v) is 8.53. The Morgan fingerprint density at radius 3 is 2.85 bits per heavy atom. The summed E-state index contributed by atoms with van der Waals surface area (Å²) in [4.78, 5) is 42.8. The number of fused-ring (bicyclic) bond motifs is 1. The summed E-state index contributed by atoms with van der Waals surface area (Å²) in [5.41, 5.74) is 0.303. The second-order valence-electron chi connectivity index (χ2n) is 5.82. The molecule has 0 radical (unpaired) electrons. The summed E-state index contributed by atoms with van der Waals surface area (Å²) in [5, 5.41) is 3.55. The minimum Gasteiger partial charge on any atom is -0.348 e. The van der Waals surface area contributed by atoms with Crippen LogP contribution < -0.4 is 16.6 Å². The Balaban J connectivity index is 1.90. The number of amides is 1. The number of aryl methyl sites for hydroxylation is 1. The van der Waals surface area contributed by atoms with E-state index in [9.17, 15) is 14.4 Å². The minimum absolute atomic E-state index is 0.202. The number of halogens is 1. The third kappa shape index (κ3) is 3.67. The van der Waals surface area contributed by atoms with E-state index in [0.29, 0.717) is 24.5 Å². The van der Waals surface area contributed by atoms with E-state index < -0.39 is 11.2 Å². The average Bonchev–Trinajstić information content (AvgIpc) is 2.63. The van der Waals surface area contributed by atoms with E-state index in [-0.39, 0.29) is 22.5 Å². The molecule has 0 aliphatic heterocycles. The number of carbonyl (C=O) groups excluding carboxylic acids is 1. The lowest BCUT2D eigenvalue weighted by molar-refractivity contribution is 0.0950. The standard InChI is InChI=1S/C18H17ClN4O3/c1-2-6-23-15-14(17(25)22-18(23)26)8-12(10-20-15)16(24)21-9-11-4-3-5-13(19)7-11/h3-5,7-8,10H,2,6,9H2,1H3,(H,21,24)(H,22,25,26). The van der Waals surface area contributed by atoms with Crippen LogP contribution >= 0.6 is 11.6 Å². The van der Waals surface area contributed by atoms with Crippen molar-refractivity contribution in [2.45, 2.75) is 26.4 Å². The largest absolute Gasteiger partial charge is 0.348 e. The number of aromatic nitrogens is 3. The maximum absolute atomic E-state index is 12.4. The van der Waals surface area contributed by atoms with Crippen LogP contribution in [-0.2, 0) is 13.1 Å². The molecule has 8 heteroatoms. The third-order valence-electron chi connectivity index (χ3n) is 3.88. The smallest absolute Gasteiger partial charge is 0.329 e. The molecule has 3 aromatic rings. The lowest BCUT2D eigenvalue weighted by Crippen LogP contribution is -2.31. The van der Waals surface area contributed by atoms with E-state index in [1.54, 1.807) is 18.2 Å². The SMILES string of the molecule is CCCn1c(=O)[nH]c(=O)c2cc(C(=O)NCc3cccc(Cl)c3)cnc21. The molecule has 0 fully saturated rings. The highest BCUT2D eigenvalue weighted by atomic mass is 35.5. The molecule has 0 aliphatic carbocycles. The van der Waals surface area contributed by atoms with E-state index in [4.69, 9.17) is 11.6 Å². The van der Waals surface area contributed by atoms with Crippen LogP contribution in [0, 0.1) is 0 Å². The highest BCUT2D eigenvalue weighted by molar-refractivity contribution is 6.30. The fraction of sp³-hybridized carbons (Fsp3) is 0.222. The fourth-order valence-corrected chi connectivity index (χ4v) is 2.87. The predicted molar refractivity (Wildman–Crippen MR) is 99.5 cm³/mol.